The van der Waals surface area contributed by atoms with Crippen molar-refractivity contribution in [2.75, 3.05) is 0 Å². The Balaban J connectivity index is 2.10. The second kappa shape index (κ2) is 5.60. The van der Waals surface area contributed by atoms with E-state index in [1.165, 1.54) is 19.3 Å². The van der Waals surface area contributed by atoms with E-state index >= 15 is 0 Å². The lowest BCUT2D eigenvalue weighted by Gasteiger charge is -2.32. The van der Waals surface area contributed by atoms with Gasteiger partial charge in [-0.1, -0.05) is 34.1 Å². The number of nitrogens with one attached hydrogen (secondary N) is 1. The highest BCUT2D eigenvalue weighted by atomic mass is 16.2. The zero-order valence-corrected chi connectivity index (χ0v) is 12.3. The molecule has 1 heterocycles. The SMILES string of the molecule is CCC1NC(CC(C)C)C(=O)N1C1CCCC1C. The Morgan fingerprint density at radius 1 is 1.39 bits per heavy atom. The fourth-order valence-corrected chi connectivity index (χ4v) is 3.61. The molecule has 0 bridgehead atoms. The molecule has 1 saturated carbocycles. The highest BCUT2D eigenvalue weighted by Gasteiger charge is 2.44. The molecule has 0 radical (unpaired) electrons. The van der Waals surface area contributed by atoms with Gasteiger partial charge in [-0.3, -0.25) is 10.1 Å². The Bertz CT molecular complexity index is 303. The smallest absolute Gasteiger partial charge is 0.241 e. The van der Waals surface area contributed by atoms with Crippen molar-refractivity contribution in [1.82, 2.24) is 10.2 Å². The second-order valence-electron chi connectivity index (χ2n) is 6.49. The van der Waals surface area contributed by atoms with Gasteiger partial charge in [-0.25, -0.2) is 0 Å². The summed E-state index contributed by atoms with van der Waals surface area (Å²) in [5.41, 5.74) is 0. The molecular formula is C15H28N2O. The van der Waals surface area contributed by atoms with Gasteiger partial charge >= 0.3 is 0 Å². The van der Waals surface area contributed by atoms with E-state index < -0.39 is 0 Å². The molecule has 3 nitrogen and oxygen atoms in total. The number of hydrogen-bond acceptors (Lipinski definition) is 2. The number of rotatable bonds is 4. The quantitative estimate of drug-likeness (QED) is 0.834. The maximum Gasteiger partial charge on any atom is 0.241 e. The van der Waals surface area contributed by atoms with E-state index in [0.717, 1.165) is 12.8 Å². The summed E-state index contributed by atoms with van der Waals surface area (Å²) in [4.78, 5) is 14.8. The molecule has 104 valence electrons. The van der Waals surface area contributed by atoms with Crippen LogP contribution in [0, 0.1) is 11.8 Å². The lowest BCUT2D eigenvalue weighted by molar-refractivity contribution is -0.133. The minimum absolute atomic E-state index is 0.0581. The van der Waals surface area contributed by atoms with Crippen molar-refractivity contribution in [2.45, 2.75) is 78.0 Å². The van der Waals surface area contributed by atoms with Crippen LogP contribution in [0.15, 0.2) is 0 Å². The Hall–Kier alpha value is -0.570. The van der Waals surface area contributed by atoms with Crippen molar-refractivity contribution < 1.29 is 4.79 Å². The van der Waals surface area contributed by atoms with Crippen molar-refractivity contribution in [2.24, 2.45) is 11.8 Å². The summed E-state index contributed by atoms with van der Waals surface area (Å²) in [5.74, 6) is 1.60. The second-order valence-corrected chi connectivity index (χ2v) is 6.49. The molecule has 1 amide bonds. The van der Waals surface area contributed by atoms with E-state index in [1.807, 2.05) is 0 Å². The number of amides is 1. The molecule has 0 spiro atoms. The molecule has 2 aliphatic rings. The minimum Gasteiger partial charge on any atom is -0.323 e. The molecule has 1 aliphatic heterocycles. The summed E-state index contributed by atoms with van der Waals surface area (Å²) in [6.45, 7) is 8.86. The lowest BCUT2D eigenvalue weighted by Crippen LogP contribution is -2.45. The zero-order valence-electron chi connectivity index (χ0n) is 12.3. The van der Waals surface area contributed by atoms with Crippen LogP contribution in [0.3, 0.4) is 0 Å². The van der Waals surface area contributed by atoms with Crippen molar-refractivity contribution in [3.8, 4) is 0 Å². The molecule has 18 heavy (non-hydrogen) atoms. The van der Waals surface area contributed by atoms with Crippen LogP contribution in [-0.4, -0.2) is 29.1 Å². The largest absolute Gasteiger partial charge is 0.323 e. The average molecular weight is 252 g/mol. The van der Waals surface area contributed by atoms with Crippen LogP contribution in [0.2, 0.25) is 0 Å². The molecule has 2 rings (SSSR count). The Morgan fingerprint density at radius 3 is 2.61 bits per heavy atom. The van der Waals surface area contributed by atoms with E-state index in [1.54, 1.807) is 0 Å². The van der Waals surface area contributed by atoms with E-state index in [4.69, 9.17) is 0 Å². The highest BCUT2D eigenvalue weighted by Crippen LogP contribution is 2.33. The maximum absolute atomic E-state index is 12.6. The lowest BCUT2D eigenvalue weighted by atomic mass is 10.0. The van der Waals surface area contributed by atoms with Crippen LogP contribution in [-0.2, 0) is 4.79 Å². The van der Waals surface area contributed by atoms with Crippen molar-refractivity contribution in [3.05, 3.63) is 0 Å². The molecule has 3 heteroatoms. The van der Waals surface area contributed by atoms with Crippen LogP contribution in [0.25, 0.3) is 0 Å². The molecule has 1 aliphatic carbocycles. The van der Waals surface area contributed by atoms with Crippen LogP contribution in [0.5, 0.6) is 0 Å². The predicted octanol–water partition coefficient (Wildman–Crippen LogP) is 2.76. The van der Waals surface area contributed by atoms with Gasteiger partial charge in [-0.15, -0.1) is 0 Å². The number of carbonyl (C=O) groups is 1. The minimum atomic E-state index is 0.0581. The summed E-state index contributed by atoms with van der Waals surface area (Å²) in [5, 5.41) is 3.55. The third kappa shape index (κ3) is 2.56. The normalized spacial score (nSPS) is 36.9. The summed E-state index contributed by atoms with van der Waals surface area (Å²) in [7, 11) is 0. The van der Waals surface area contributed by atoms with Crippen molar-refractivity contribution in [3.63, 3.8) is 0 Å². The summed E-state index contributed by atoms with van der Waals surface area (Å²) < 4.78 is 0. The average Bonchev–Trinajstić information content (AvgIpc) is 2.83. The molecule has 2 fully saturated rings. The van der Waals surface area contributed by atoms with Crippen molar-refractivity contribution >= 4 is 5.91 Å². The summed E-state index contributed by atoms with van der Waals surface area (Å²) in [6.07, 6.45) is 6.00. The highest BCUT2D eigenvalue weighted by molar-refractivity contribution is 5.84. The van der Waals surface area contributed by atoms with Crippen LogP contribution >= 0.6 is 0 Å². The van der Waals surface area contributed by atoms with E-state index in [-0.39, 0.29) is 12.2 Å². The standard InChI is InChI=1S/C15H28N2O/c1-5-14-16-12(9-10(2)3)15(18)17(14)13-8-6-7-11(13)4/h10-14,16H,5-9H2,1-4H3. The third-order valence-electron chi connectivity index (χ3n) is 4.55. The van der Waals surface area contributed by atoms with Gasteiger partial charge in [0.2, 0.25) is 5.91 Å². The monoisotopic (exact) mass is 252 g/mol. The van der Waals surface area contributed by atoms with Gasteiger partial charge < -0.3 is 4.90 Å². The summed E-state index contributed by atoms with van der Waals surface area (Å²) in [6, 6.07) is 0.537. The zero-order chi connectivity index (χ0) is 13.3. The van der Waals surface area contributed by atoms with Crippen molar-refractivity contribution in [1.29, 1.82) is 0 Å². The fourth-order valence-electron chi connectivity index (χ4n) is 3.61. The molecule has 0 aromatic rings. The van der Waals surface area contributed by atoms with Gasteiger partial charge in [0.1, 0.15) is 0 Å². The molecule has 0 aromatic heterocycles. The van der Waals surface area contributed by atoms with E-state index in [0.29, 0.717) is 23.8 Å². The van der Waals surface area contributed by atoms with Gasteiger partial charge in [-0.05, 0) is 37.5 Å². The van der Waals surface area contributed by atoms with Crippen LogP contribution in [0.4, 0.5) is 0 Å². The Morgan fingerprint density at radius 2 is 2.11 bits per heavy atom. The first-order valence-electron chi connectivity index (χ1n) is 7.62. The van der Waals surface area contributed by atoms with Gasteiger partial charge in [0.15, 0.2) is 0 Å². The van der Waals surface area contributed by atoms with Gasteiger partial charge in [0.25, 0.3) is 0 Å². The Kier molecular flexibility index (Phi) is 4.31. The van der Waals surface area contributed by atoms with Gasteiger partial charge in [-0.2, -0.15) is 0 Å². The fraction of sp³-hybridized carbons (Fsp3) is 0.933. The number of hydrogen-bond donors (Lipinski definition) is 1. The van der Waals surface area contributed by atoms with Gasteiger partial charge in [0.05, 0.1) is 12.2 Å². The van der Waals surface area contributed by atoms with Crippen LogP contribution in [0.1, 0.15) is 59.8 Å². The summed E-state index contributed by atoms with van der Waals surface area (Å²) >= 11 is 0. The van der Waals surface area contributed by atoms with Crippen LogP contribution < -0.4 is 5.32 Å². The number of nitrogens with zero attached hydrogens (tertiary/aromatic N) is 1. The van der Waals surface area contributed by atoms with E-state index in [2.05, 4.69) is 37.9 Å². The topological polar surface area (TPSA) is 32.3 Å². The molecule has 1 N–H and O–H groups in total. The first-order chi connectivity index (χ1) is 8.54. The van der Waals surface area contributed by atoms with E-state index in [9.17, 15) is 4.79 Å². The third-order valence-corrected chi connectivity index (χ3v) is 4.55. The molecule has 4 unspecified atom stereocenters. The molecule has 0 aromatic carbocycles. The maximum atomic E-state index is 12.6. The van der Waals surface area contributed by atoms with Gasteiger partial charge in [0, 0.05) is 6.04 Å². The number of carbonyl (C=O) groups excluding carboxylic acids is 1. The predicted molar refractivity (Wildman–Crippen MR) is 74.1 cm³/mol. The molecule has 4 atom stereocenters. The molecular weight excluding hydrogens is 224 g/mol. The Labute approximate surface area is 111 Å². The first kappa shape index (κ1) is 13.9. The molecule has 1 saturated heterocycles. The first-order valence-corrected chi connectivity index (χ1v) is 7.62.